The van der Waals surface area contributed by atoms with E-state index >= 15 is 0 Å². The molecular formula is C13H19NO2. The Bertz CT molecular complexity index is 350. The molecule has 0 aliphatic carbocycles. The highest BCUT2D eigenvalue weighted by molar-refractivity contribution is 5.74. The van der Waals surface area contributed by atoms with Gasteiger partial charge in [0, 0.05) is 12.4 Å². The quantitative estimate of drug-likeness (QED) is 0.831. The molecule has 0 amide bonds. The van der Waals surface area contributed by atoms with Crippen molar-refractivity contribution in [3.05, 3.63) is 30.1 Å². The van der Waals surface area contributed by atoms with Crippen LogP contribution in [0.4, 0.5) is 0 Å². The Morgan fingerprint density at radius 3 is 2.50 bits per heavy atom. The lowest BCUT2D eigenvalue weighted by atomic mass is 9.77. The molecule has 0 bridgehead atoms. The van der Waals surface area contributed by atoms with Gasteiger partial charge in [0.25, 0.3) is 0 Å². The van der Waals surface area contributed by atoms with Gasteiger partial charge in [-0.05, 0) is 43.4 Å². The number of pyridine rings is 1. The van der Waals surface area contributed by atoms with E-state index in [1.165, 1.54) is 0 Å². The number of carbonyl (C=O) groups is 1. The third kappa shape index (κ3) is 2.81. The lowest BCUT2D eigenvalue weighted by molar-refractivity contribution is -0.148. The van der Waals surface area contributed by atoms with E-state index < -0.39 is 11.4 Å². The van der Waals surface area contributed by atoms with Crippen molar-refractivity contribution in [3.8, 4) is 0 Å². The molecule has 1 aromatic rings. The van der Waals surface area contributed by atoms with Crippen LogP contribution in [0.5, 0.6) is 0 Å². The van der Waals surface area contributed by atoms with Crippen molar-refractivity contribution in [2.24, 2.45) is 5.41 Å². The smallest absolute Gasteiger partial charge is 0.309 e. The number of rotatable bonds is 5. The lowest BCUT2D eigenvalue weighted by Gasteiger charge is -2.26. The maximum Gasteiger partial charge on any atom is 0.309 e. The largest absolute Gasteiger partial charge is 0.481 e. The first kappa shape index (κ1) is 12.7. The summed E-state index contributed by atoms with van der Waals surface area (Å²) >= 11 is 0. The second kappa shape index (κ2) is 5.10. The molecule has 0 radical (unpaired) electrons. The normalized spacial score (nSPS) is 16.4. The van der Waals surface area contributed by atoms with E-state index in [4.69, 9.17) is 0 Å². The molecular weight excluding hydrogens is 202 g/mol. The van der Waals surface area contributed by atoms with Gasteiger partial charge in [-0.2, -0.15) is 0 Å². The molecule has 0 saturated heterocycles. The maximum absolute atomic E-state index is 11.2. The third-order valence-corrected chi connectivity index (χ3v) is 3.33. The standard InChI is InChI=1S/C13H19NO2/c1-4-13(3,12(15)16)9-10(2)11-5-7-14-8-6-11/h5-8,10H,4,9H2,1-3H3,(H,15,16). The van der Waals surface area contributed by atoms with Gasteiger partial charge in [0.1, 0.15) is 0 Å². The van der Waals surface area contributed by atoms with Crippen molar-refractivity contribution < 1.29 is 9.90 Å². The summed E-state index contributed by atoms with van der Waals surface area (Å²) in [6.07, 6.45) is 4.80. The molecule has 2 atom stereocenters. The van der Waals surface area contributed by atoms with E-state index in [-0.39, 0.29) is 5.92 Å². The predicted octanol–water partition coefficient (Wildman–Crippen LogP) is 3.08. The second-order valence-electron chi connectivity index (χ2n) is 4.61. The van der Waals surface area contributed by atoms with Crippen LogP contribution in [0, 0.1) is 5.41 Å². The summed E-state index contributed by atoms with van der Waals surface area (Å²) in [5.41, 5.74) is 0.513. The van der Waals surface area contributed by atoms with Gasteiger partial charge in [0.05, 0.1) is 5.41 Å². The number of nitrogens with zero attached hydrogens (tertiary/aromatic N) is 1. The predicted molar refractivity (Wildman–Crippen MR) is 63.3 cm³/mol. The summed E-state index contributed by atoms with van der Waals surface area (Å²) in [7, 11) is 0. The van der Waals surface area contributed by atoms with Crippen molar-refractivity contribution >= 4 is 5.97 Å². The zero-order chi connectivity index (χ0) is 12.2. The molecule has 88 valence electrons. The molecule has 16 heavy (non-hydrogen) atoms. The van der Waals surface area contributed by atoms with Gasteiger partial charge in [-0.25, -0.2) is 0 Å². The molecule has 0 aliphatic heterocycles. The van der Waals surface area contributed by atoms with Gasteiger partial charge in [-0.1, -0.05) is 13.8 Å². The molecule has 1 aromatic heterocycles. The summed E-state index contributed by atoms with van der Waals surface area (Å²) in [5, 5.41) is 9.22. The highest BCUT2D eigenvalue weighted by Crippen LogP contribution is 2.34. The number of carboxylic acid groups (broad SMARTS) is 1. The molecule has 0 saturated carbocycles. The number of hydrogen-bond donors (Lipinski definition) is 1. The van der Waals surface area contributed by atoms with Crippen molar-refractivity contribution in [2.45, 2.75) is 39.5 Å². The second-order valence-corrected chi connectivity index (χ2v) is 4.61. The van der Waals surface area contributed by atoms with Gasteiger partial charge in [0.15, 0.2) is 0 Å². The van der Waals surface area contributed by atoms with E-state index in [1.54, 1.807) is 12.4 Å². The topological polar surface area (TPSA) is 50.2 Å². The highest BCUT2D eigenvalue weighted by Gasteiger charge is 2.32. The SMILES string of the molecule is CCC(C)(CC(C)c1ccncc1)C(=O)O. The molecule has 0 aromatic carbocycles. The van der Waals surface area contributed by atoms with Crippen molar-refractivity contribution in [1.29, 1.82) is 0 Å². The molecule has 0 spiro atoms. The van der Waals surface area contributed by atoms with E-state index in [1.807, 2.05) is 26.0 Å². The van der Waals surface area contributed by atoms with Crippen molar-refractivity contribution in [1.82, 2.24) is 4.98 Å². The molecule has 0 fully saturated rings. The van der Waals surface area contributed by atoms with Gasteiger partial charge < -0.3 is 5.11 Å². The van der Waals surface area contributed by atoms with Crippen LogP contribution in [0.15, 0.2) is 24.5 Å². The Hall–Kier alpha value is -1.38. The third-order valence-electron chi connectivity index (χ3n) is 3.33. The summed E-state index contributed by atoms with van der Waals surface area (Å²) in [4.78, 5) is 15.2. The first-order valence-corrected chi connectivity index (χ1v) is 5.63. The first-order valence-electron chi connectivity index (χ1n) is 5.63. The Morgan fingerprint density at radius 1 is 1.50 bits per heavy atom. The molecule has 3 heteroatoms. The van der Waals surface area contributed by atoms with Crippen molar-refractivity contribution in [3.63, 3.8) is 0 Å². The van der Waals surface area contributed by atoms with Crippen LogP contribution >= 0.6 is 0 Å². The summed E-state index contributed by atoms with van der Waals surface area (Å²) < 4.78 is 0. The van der Waals surface area contributed by atoms with Crippen LogP contribution in [-0.4, -0.2) is 16.1 Å². The van der Waals surface area contributed by atoms with Gasteiger partial charge >= 0.3 is 5.97 Å². The average Bonchev–Trinajstić information content (AvgIpc) is 2.29. The number of carboxylic acids is 1. The molecule has 0 aliphatic rings. The summed E-state index contributed by atoms with van der Waals surface area (Å²) in [6, 6.07) is 3.89. The Morgan fingerprint density at radius 2 is 2.06 bits per heavy atom. The fourth-order valence-electron chi connectivity index (χ4n) is 1.87. The number of hydrogen-bond acceptors (Lipinski definition) is 2. The van der Waals surface area contributed by atoms with Gasteiger partial charge in [-0.15, -0.1) is 0 Å². The van der Waals surface area contributed by atoms with E-state index in [2.05, 4.69) is 11.9 Å². The zero-order valence-corrected chi connectivity index (χ0v) is 10.1. The minimum absolute atomic E-state index is 0.240. The van der Waals surface area contributed by atoms with Crippen LogP contribution < -0.4 is 0 Å². The van der Waals surface area contributed by atoms with E-state index in [0.717, 1.165) is 5.56 Å². The molecule has 2 unspecified atom stereocenters. The van der Waals surface area contributed by atoms with Crippen LogP contribution in [0.3, 0.4) is 0 Å². The summed E-state index contributed by atoms with van der Waals surface area (Å²) in [6.45, 7) is 5.80. The van der Waals surface area contributed by atoms with Gasteiger partial charge in [-0.3, -0.25) is 9.78 Å². The fourth-order valence-corrected chi connectivity index (χ4v) is 1.87. The van der Waals surface area contributed by atoms with E-state index in [9.17, 15) is 9.90 Å². The van der Waals surface area contributed by atoms with E-state index in [0.29, 0.717) is 12.8 Å². The molecule has 1 heterocycles. The molecule has 3 nitrogen and oxygen atoms in total. The maximum atomic E-state index is 11.2. The van der Waals surface area contributed by atoms with Crippen LogP contribution in [0.25, 0.3) is 0 Å². The molecule has 1 N–H and O–H groups in total. The fraction of sp³-hybridized carbons (Fsp3) is 0.538. The summed E-state index contributed by atoms with van der Waals surface area (Å²) in [5.74, 6) is -0.472. The minimum Gasteiger partial charge on any atom is -0.481 e. The first-order chi connectivity index (χ1) is 7.49. The van der Waals surface area contributed by atoms with Crippen LogP contribution in [-0.2, 0) is 4.79 Å². The number of aliphatic carboxylic acids is 1. The Labute approximate surface area is 96.5 Å². The van der Waals surface area contributed by atoms with Gasteiger partial charge in [0.2, 0.25) is 0 Å². The highest BCUT2D eigenvalue weighted by atomic mass is 16.4. The Balaban J connectivity index is 2.78. The Kier molecular flexibility index (Phi) is 4.05. The number of aromatic nitrogens is 1. The minimum atomic E-state index is -0.712. The molecule has 1 rings (SSSR count). The van der Waals surface area contributed by atoms with Crippen molar-refractivity contribution in [2.75, 3.05) is 0 Å². The lowest BCUT2D eigenvalue weighted by Crippen LogP contribution is -2.28. The monoisotopic (exact) mass is 221 g/mol. The van der Waals surface area contributed by atoms with Crippen LogP contribution in [0.2, 0.25) is 0 Å². The van der Waals surface area contributed by atoms with Crippen LogP contribution in [0.1, 0.15) is 45.1 Å². The average molecular weight is 221 g/mol. The zero-order valence-electron chi connectivity index (χ0n) is 10.1.